The van der Waals surface area contributed by atoms with E-state index in [0.717, 1.165) is 59.1 Å². The molecule has 0 bridgehead atoms. The largest absolute Gasteiger partial charge is 0.356 e. The summed E-state index contributed by atoms with van der Waals surface area (Å²) in [7, 11) is -3.54. The Labute approximate surface area is 190 Å². The normalized spacial score (nSPS) is 17.6. The number of fused-ring (bicyclic) bond motifs is 2. The van der Waals surface area contributed by atoms with Gasteiger partial charge in [-0.05, 0) is 68.9 Å². The summed E-state index contributed by atoms with van der Waals surface area (Å²) in [6.07, 6.45) is 2.39. The number of likely N-dealkylation sites (tertiary alicyclic amines) is 1. The predicted octanol–water partition coefficient (Wildman–Crippen LogP) is 4.48. The van der Waals surface area contributed by atoms with Gasteiger partial charge in [-0.15, -0.1) is 11.3 Å². The summed E-state index contributed by atoms with van der Waals surface area (Å²) in [5.41, 5.74) is 2.41. The van der Waals surface area contributed by atoms with E-state index in [0.29, 0.717) is 16.3 Å². The van der Waals surface area contributed by atoms with E-state index in [2.05, 4.69) is 14.8 Å². The van der Waals surface area contributed by atoms with Crippen molar-refractivity contribution in [3.63, 3.8) is 0 Å². The minimum atomic E-state index is -3.54. The Morgan fingerprint density at radius 1 is 1.25 bits per heavy atom. The third kappa shape index (κ3) is 4.43. The molecule has 1 aliphatic rings. The van der Waals surface area contributed by atoms with Gasteiger partial charge < -0.3 is 9.42 Å². The zero-order valence-electron chi connectivity index (χ0n) is 17.7. The van der Waals surface area contributed by atoms with Crippen LogP contribution in [0.15, 0.2) is 51.2 Å². The van der Waals surface area contributed by atoms with E-state index in [1.807, 2.05) is 25.1 Å². The quantitative estimate of drug-likeness (QED) is 0.429. The van der Waals surface area contributed by atoms with Gasteiger partial charge in [-0.1, -0.05) is 22.9 Å². The minimum absolute atomic E-state index is 0.0946. The molecule has 1 aliphatic heterocycles. The molecule has 0 saturated carbocycles. The molecule has 0 amide bonds. The first-order chi connectivity index (χ1) is 15.4. The molecule has 3 heterocycles. The van der Waals surface area contributed by atoms with Crippen molar-refractivity contribution in [1.82, 2.24) is 14.8 Å². The lowest BCUT2D eigenvalue weighted by Crippen LogP contribution is -2.36. The van der Waals surface area contributed by atoms with Gasteiger partial charge in [0.05, 0.1) is 5.69 Å². The van der Waals surface area contributed by atoms with Gasteiger partial charge in [0.15, 0.2) is 5.58 Å². The van der Waals surface area contributed by atoms with E-state index in [1.54, 1.807) is 12.1 Å². The van der Waals surface area contributed by atoms with Crippen LogP contribution in [0.3, 0.4) is 0 Å². The Balaban J connectivity index is 1.16. The van der Waals surface area contributed by atoms with Crippen LogP contribution in [0.1, 0.15) is 24.1 Å². The van der Waals surface area contributed by atoms with Crippen molar-refractivity contribution < 1.29 is 17.3 Å². The van der Waals surface area contributed by atoms with Crippen molar-refractivity contribution in [2.45, 2.75) is 36.4 Å². The van der Waals surface area contributed by atoms with E-state index >= 15 is 0 Å². The van der Waals surface area contributed by atoms with Gasteiger partial charge in [-0.2, -0.15) is 0 Å². The first-order valence-corrected chi connectivity index (χ1v) is 13.0. The lowest BCUT2D eigenvalue weighted by atomic mass is 10.1. The van der Waals surface area contributed by atoms with Crippen LogP contribution in [0.5, 0.6) is 0 Å². The van der Waals surface area contributed by atoms with Gasteiger partial charge in [0, 0.05) is 28.7 Å². The van der Waals surface area contributed by atoms with Crippen LogP contribution in [-0.2, 0) is 16.4 Å². The number of nitrogens with zero attached hydrogens (tertiary/aromatic N) is 2. The van der Waals surface area contributed by atoms with E-state index in [1.165, 1.54) is 23.5 Å². The highest BCUT2D eigenvalue weighted by molar-refractivity contribution is 7.91. The Kier molecular flexibility index (Phi) is 5.75. The smallest absolute Gasteiger partial charge is 0.250 e. The fraction of sp³-hybridized carbons (Fsp3) is 0.348. The molecular weight excluding hydrogens is 449 g/mol. The number of benzene rings is 2. The van der Waals surface area contributed by atoms with Gasteiger partial charge in [-0.3, -0.25) is 0 Å². The zero-order chi connectivity index (χ0) is 22.3. The third-order valence-electron chi connectivity index (χ3n) is 5.90. The first kappa shape index (κ1) is 21.5. The summed E-state index contributed by atoms with van der Waals surface area (Å²) in [5, 5.41) is 5.88. The van der Waals surface area contributed by atoms with Crippen LogP contribution in [0.25, 0.3) is 21.1 Å². The third-order valence-corrected chi connectivity index (χ3v) is 9.02. The Bertz CT molecular complexity index is 1380. The second-order valence-corrected chi connectivity index (χ2v) is 11.4. The van der Waals surface area contributed by atoms with Crippen molar-refractivity contribution in [3.05, 3.63) is 59.5 Å². The number of hydrogen-bond acceptors (Lipinski definition) is 6. The molecule has 1 fully saturated rings. The molecule has 168 valence electrons. The average molecular weight is 474 g/mol. The molecule has 0 spiro atoms. The van der Waals surface area contributed by atoms with Crippen LogP contribution in [0.4, 0.5) is 4.39 Å². The number of aryl methyl sites for hydroxylation is 2. The Morgan fingerprint density at radius 3 is 3.00 bits per heavy atom. The number of nitrogens with one attached hydrogen (secondary N) is 1. The molecule has 2 aromatic carbocycles. The molecule has 5 rings (SSSR count). The summed E-state index contributed by atoms with van der Waals surface area (Å²) in [6.45, 7) is 4.38. The van der Waals surface area contributed by atoms with Crippen LogP contribution in [0.2, 0.25) is 0 Å². The number of thiophene rings is 1. The molecule has 9 heteroatoms. The Hall–Kier alpha value is -2.33. The molecule has 2 aromatic heterocycles. The van der Waals surface area contributed by atoms with Gasteiger partial charge in [0.2, 0.25) is 10.0 Å². The van der Waals surface area contributed by atoms with Crippen LogP contribution >= 0.6 is 11.3 Å². The van der Waals surface area contributed by atoms with Crippen LogP contribution < -0.4 is 4.72 Å². The van der Waals surface area contributed by atoms with Crippen molar-refractivity contribution in [2.24, 2.45) is 0 Å². The molecule has 4 aromatic rings. The summed E-state index contributed by atoms with van der Waals surface area (Å²) in [4.78, 5) is 2.27. The van der Waals surface area contributed by atoms with E-state index in [-0.39, 0.29) is 11.9 Å². The van der Waals surface area contributed by atoms with Crippen molar-refractivity contribution in [3.8, 4) is 0 Å². The number of hydrogen-bond donors (Lipinski definition) is 1. The van der Waals surface area contributed by atoms with Crippen molar-refractivity contribution in [2.75, 3.05) is 19.6 Å². The number of rotatable bonds is 7. The molecule has 0 unspecified atom stereocenters. The fourth-order valence-electron chi connectivity index (χ4n) is 4.29. The molecule has 32 heavy (non-hydrogen) atoms. The summed E-state index contributed by atoms with van der Waals surface area (Å²) in [6, 6.07) is 12.1. The maximum atomic E-state index is 13.3. The first-order valence-electron chi connectivity index (χ1n) is 10.7. The van der Waals surface area contributed by atoms with E-state index in [4.69, 9.17) is 4.52 Å². The number of halogens is 1. The maximum absolute atomic E-state index is 13.3. The minimum Gasteiger partial charge on any atom is -0.356 e. The lowest BCUT2D eigenvalue weighted by molar-refractivity contribution is 0.326. The average Bonchev–Trinajstić information content (AvgIpc) is 3.46. The lowest BCUT2D eigenvalue weighted by Gasteiger charge is -2.16. The highest BCUT2D eigenvalue weighted by atomic mass is 32.2. The molecule has 1 N–H and O–H groups in total. The highest BCUT2D eigenvalue weighted by Crippen LogP contribution is 2.30. The summed E-state index contributed by atoms with van der Waals surface area (Å²) >= 11 is 1.31. The molecule has 0 radical (unpaired) electrons. The molecule has 0 aliphatic carbocycles. The molecular formula is C23H24FN3O3S2. The monoisotopic (exact) mass is 473 g/mol. The zero-order valence-corrected chi connectivity index (χ0v) is 19.3. The Morgan fingerprint density at radius 2 is 2.12 bits per heavy atom. The second kappa shape index (κ2) is 8.55. The van der Waals surface area contributed by atoms with E-state index in [9.17, 15) is 12.8 Å². The van der Waals surface area contributed by atoms with Crippen LogP contribution in [-0.4, -0.2) is 44.2 Å². The predicted molar refractivity (Wildman–Crippen MR) is 124 cm³/mol. The van der Waals surface area contributed by atoms with E-state index < -0.39 is 10.0 Å². The topological polar surface area (TPSA) is 75.4 Å². The van der Waals surface area contributed by atoms with Crippen molar-refractivity contribution in [1.29, 1.82) is 0 Å². The molecule has 6 nitrogen and oxygen atoms in total. The molecule has 1 saturated heterocycles. The number of aromatic nitrogens is 1. The highest BCUT2D eigenvalue weighted by Gasteiger charge is 2.28. The maximum Gasteiger partial charge on any atom is 0.250 e. The number of sulfonamides is 1. The van der Waals surface area contributed by atoms with Gasteiger partial charge in [-0.25, -0.2) is 17.5 Å². The fourth-order valence-corrected chi connectivity index (χ4v) is 6.95. The second-order valence-electron chi connectivity index (χ2n) is 8.39. The summed E-state index contributed by atoms with van der Waals surface area (Å²) in [5.74, 6) is -0.337. The summed E-state index contributed by atoms with van der Waals surface area (Å²) < 4.78 is 48.5. The van der Waals surface area contributed by atoms with Crippen LogP contribution in [0, 0.1) is 12.7 Å². The van der Waals surface area contributed by atoms with Gasteiger partial charge in [0.1, 0.15) is 10.0 Å². The van der Waals surface area contributed by atoms with Gasteiger partial charge >= 0.3 is 0 Å². The SMILES string of the molecule is Cc1ccc2sc(S(=O)(=O)N[C@@H]3CCN(CCCc4noc5cc(F)ccc45)C3)cc2c1. The van der Waals surface area contributed by atoms with Crippen molar-refractivity contribution >= 4 is 42.4 Å². The molecule has 1 atom stereocenters. The van der Waals surface area contributed by atoms with Gasteiger partial charge in [0.25, 0.3) is 0 Å². The standard InChI is InChI=1S/C23H24FN3O3S2/c1-15-4-7-22-16(11-15)12-23(31-22)32(28,29)26-18-8-10-27(14-18)9-2-3-20-19-6-5-17(24)13-21(19)30-25-20/h4-7,11-13,18,26H,2-3,8-10,14H2,1H3/t18-/m1/s1.